The summed E-state index contributed by atoms with van der Waals surface area (Å²) >= 11 is 1.33. The van der Waals surface area contributed by atoms with Gasteiger partial charge in [-0.1, -0.05) is 25.5 Å². The number of benzene rings is 2. The monoisotopic (exact) mass is 537 g/mol. The number of ether oxygens (including phenoxy) is 3. The summed E-state index contributed by atoms with van der Waals surface area (Å²) in [6, 6.07) is 9.49. The predicted molar refractivity (Wildman–Crippen MR) is 152 cm³/mol. The largest absolute Gasteiger partial charge is 0.493 e. The van der Waals surface area contributed by atoms with Crippen LogP contribution in [0.4, 0.5) is 5.69 Å². The molecule has 202 valence electrons. The second-order valence-corrected chi connectivity index (χ2v) is 10.1. The molecule has 1 aromatic heterocycles. The van der Waals surface area contributed by atoms with E-state index in [2.05, 4.69) is 24.1 Å². The van der Waals surface area contributed by atoms with Crippen molar-refractivity contribution in [1.82, 2.24) is 9.47 Å². The van der Waals surface area contributed by atoms with Gasteiger partial charge in [-0.2, -0.15) is 0 Å². The molecule has 2 aromatic carbocycles. The highest BCUT2D eigenvalue weighted by Gasteiger charge is 2.27. The van der Waals surface area contributed by atoms with Crippen LogP contribution >= 0.6 is 11.3 Å². The van der Waals surface area contributed by atoms with Crippen molar-refractivity contribution in [3.8, 4) is 17.2 Å². The van der Waals surface area contributed by atoms with Crippen LogP contribution in [0.25, 0.3) is 11.6 Å². The summed E-state index contributed by atoms with van der Waals surface area (Å²) in [4.78, 5) is 29.3. The fraction of sp³-hybridized carbons (Fsp3) is 0.379. The van der Waals surface area contributed by atoms with Gasteiger partial charge in [-0.05, 0) is 68.9 Å². The number of nitrogens with one attached hydrogen (secondary N) is 1. The molecule has 0 radical (unpaired) electrons. The zero-order valence-electron chi connectivity index (χ0n) is 22.8. The molecular weight excluding hydrogens is 502 g/mol. The quantitative estimate of drug-likeness (QED) is 0.428. The number of aromatic nitrogens is 1. The van der Waals surface area contributed by atoms with Gasteiger partial charge in [0.1, 0.15) is 4.66 Å². The van der Waals surface area contributed by atoms with Gasteiger partial charge in [0.2, 0.25) is 5.75 Å². The lowest BCUT2D eigenvalue weighted by atomic mass is 10.1. The Morgan fingerprint density at radius 3 is 2.29 bits per heavy atom. The number of carbonyl (C=O) groups is 1. The number of hydrogen-bond donors (Lipinski definition) is 1. The second kappa shape index (κ2) is 11.9. The Hall–Kier alpha value is -3.56. The van der Waals surface area contributed by atoms with Gasteiger partial charge in [-0.3, -0.25) is 14.2 Å². The third-order valence-electron chi connectivity index (χ3n) is 6.78. The highest BCUT2D eigenvalue weighted by atomic mass is 32.1. The number of hydrogen-bond acceptors (Lipinski definition) is 7. The van der Waals surface area contributed by atoms with E-state index >= 15 is 0 Å². The second-order valence-electron chi connectivity index (χ2n) is 9.09. The number of rotatable bonds is 10. The Labute approximate surface area is 226 Å². The van der Waals surface area contributed by atoms with Crippen molar-refractivity contribution < 1.29 is 19.0 Å². The molecule has 1 aliphatic heterocycles. The van der Waals surface area contributed by atoms with Crippen LogP contribution in [0.1, 0.15) is 37.0 Å². The average molecular weight is 538 g/mol. The molecule has 1 N–H and O–H groups in total. The zero-order valence-corrected chi connectivity index (χ0v) is 23.7. The van der Waals surface area contributed by atoms with Crippen molar-refractivity contribution in [3.05, 3.63) is 66.6 Å². The van der Waals surface area contributed by atoms with Gasteiger partial charge >= 0.3 is 0 Å². The van der Waals surface area contributed by atoms with Crippen LogP contribution in [-0.4, -0.2) is 56.3 Å². The lowest BCUT2D eigenvalue weighted by molar-refractivity contribution is -0.110. The highest BCUT2D eigenvalue weighted by molar-refractivity contribution is 7.07. The molecule has 0 unspecified atom stereocenters. The summed E-state index contributed by atoms with van der Waals surface area (Å²) in [5, 5.41) is 2.96. The molecule has 0 saturated heterocycles. The smallest absolute Gasteiger partial charge is 0.269 e. The summed E-state index contributed by atoms with van der Waals surface area (Å²) in [6.45, 7) is 9.56. The molecule has 1 aliphatic rings. The summed E-state index contributed by atoms with van der Waals surface area (Å²) in [6.07, 6.45) is 2.61. The van der Waals surface area contributed by atoms with Crippen molar-refractivity contribution in [1.29, 1.82) is 0 Å². The van der Waals surface area contributed by atoms with Gasteiger partial charge in [0.25, 0.3) is 11.5 Å². The number of anilines is 1. The number of amides is 1. The van der Waals surface area contributed by atoms with E-state index < -0.39 is 0 Å². The van der Waals surface area contributed by atoms with Gasteiger partial charge in [-0.25, -0.2) is 0 Å². The van der Waals surface area contributed by atoms with E-state index in [1.54, 1.807) is 38.0 Å². The molecule has 4 rings (SSSR count). The van der Waals surface area contributed by atoms with E-state index in [1.165, 1.54) is 11.3 Å². The van der Waals surface area contributed by atoms with Crippen LogP contribution in [0.2, 0.25) is 0 Å². The number of aryl methyl sites for hydroxylation is 1. The van der Waals surface area contributed by atoms with Crippen LogP contribution < -0.4 is 34.3 Å². The van der Waals surface area contributed by atoms with Crippen molar-refractivity contribution >= 4 is 34.6 Å². The summed E-state index contributed by atoms with van der Waals surface area (Å²) in [5.41, 5.74) is 3.79. The maximum Gasteiger partial charge on any atom is 0.269 e. The highest BCUT2D eigenvalue weighted by Crippen LogP contribution is 2.38. The molecular formula is C29H35N3O5S. The van der Waals surface area contributed by atoms with Crippen LogP contribution in [0.3, 0.4) is 0 Å². The lowest BCUT2D eigenvalue weighted by Gasteiger charge is -2.17. The number of carbonyl (C=O) groups excluding carboxylic acids is 1. The van der Waals surface area contributed by atoms with Crippen LogP contribution in [-0.2, 0) is 11.3 Å². The first-order chi connectivity index (χ1) is 18.3. The Morgan fingerprint density at radius 1 is 1.00 bits per heavy atom. The first-order valence-electron chi connectivity index (χ1n) is 12.8. The van der Waals surface area contributed by atoms with E-state index in [0.717, 1.165) is 48.4 Å². The minimum Gasteiger partial charge on any atom is -0.493 e. The average Bonchev–Trinajstić information content (AvgIpc) is 3.40. The third-order valence-corrected chi connectivity index (χ3v) is 7.91. The minimum absolute atomic E-state index is 0.125. The molecule has 3 aromatic rings. The van der Waals surface area contributed by atoms with Gasteiger partial charge in [-0.15, -0.1) is 11.3 Å². The molecule has 1 amide bonds. The van der Waals surface area contributed by atoms with E-state index in [1.807, 2.05) is 31.2 Å². The third kappa shape index (κ3) is 5.35. The molecule has 38 heavy (non-hydrogen) atoms. The molecule has 8 nitrogen and oxygen atoms in total. The fourth-order valence-corrected chi connectivity index (χ4v) is 5.92. The fourth-order valence-electron chi connectivity index (χ4n) is 4.73. The van der Waals surface area contributed by atoms with E-state index in [4.69, 9.17) is 14.2 Å². The van der Waals surface area contributed by atoms with Crippen LogP contribution in [0.15, 0.2) is 35.1 Å². The first kappa shape index (κ1) is 27.5. The predicted octanol–water partition coefficient (Wildman–Crippen LogP) is 2.96. The molecule has 0 spiro atoms. The summed E-state index contributed by atoms with van der Waals surface area (Å²) in [5.74, 6) is 1.30. The Kier molecular flexibility index (Phi) is 8.58. The van der Waals surface area contributed by atoms with E-state index in [-0.39, 0.29) is 11.5 Å². The standard InChI is InChI=1S/C29H35N3O5S/c1-7-31(8-2)12-9-13-32-28(34)24(17-19-15-22(35-4)26(37-6)23(16-19)36-5)38-29(32)25-20-14-18(3)10-11-21(20)30-27(25)33/h10-11,14-17H,7-9,12-13H2,1-6H3,(H,30,33)/b24-17-,29-25+. The summed E-state index contributed by atoms with van der Waals surface area (Å²) < 4.78 is 19.4. The maximum atomic E-state index is 13.8. The van der Waals surface area contributed by atoms with Crippen molar-refractivity contribution in [2.24, 2.45) is 0 Å². The Bertz CT molecular complexity index is 1490. The van der Waals surface area contributed by atoms with Crippen molar-refractivity contribution in [2.75, 3.05) is 46.3 Å². The molecule has 0 aliphatic carbocycles. The number of nitrogens with zero attached hydrogens (tertiary/aromatic N) is 2. The van der Waals surface area contributed by atoms with Gasteiger partial charge in [0, 0.05) is 17.8 Å². The lowest BCUT2D eigenvalue weighted by Crippen LogP contribution is -2.34. The van der Waals surface area contributed by atoms with Crippen molar-refractivity contribution in [3.63, 3.8) is 0 Å². The molecule has 0 atom stereocenters. The van der Waals surface area contributed by atoms with Gasteiger partial charge in [0.05, 0.1) is 31.4 Å². The Balaban J connectivity index is 1.93. The Morgan fingerprint density at radius 2 is 1.68 bits per heavy atom. The van der Waals surface area contributed by atoms with E-state index in [0.29, 0.717) is 38.6 Å². The molecule has 2 heterocycles. The van der Waals surface area contributed by atoms with Gasteiger partial charge in [0.15, 0.2) is 11.5 Å². The number of methoxy groups -OCH3 is 3. The minimum atomic E-state index is -0.191. The normalized spacial score (nSPS) is 14.6. The molecule has 0 bridgehead atoms. The first-order valence-corrected chi connectivity index (χ1v) is 13.6. The molecule has 0 saturated carbocycles. The molecule has 9 heteroatoms. The van der Waals surface area contributed by atoms with Gasteiger partial charge < -0.3 is 24.4 Å². The summed E-state index contributed by atoms with van der Waals surface area (Å²) in [7, 11) is 4.67. The molecule has 0 fully saturated rings. The zero-order chi connectivity index (χ0) is 27.4. The maximum absolute atomic E-state index is 13.8. The SMILES string of the molecule is CCN(CC)CCCn1c(=O)/c(=C/c2cc(OC)c(OC)c(OC)c2)s/c1=C1/C(=O)Nc2ccc(C)cc21. The van der Waals surface area contributed by atoms with E-state index in [9.17, 15) is 9.59 Å². The number of thiazole rings is 1. The van der Waals surface area contributed by atoms with Crippen molar-refractivity contribution in [2.45, 2.75) is 33.7 Å². The van der Waals surface area contributed by atoms with Crippen LogP contribution in [0.5, 0.6) is 17.2 Å². The van der Waals surface area contributed by atoms with Crippen LogP contribution in [0, 0.1) is 6.92 Å². The number of fused-ring (bicyclic) bond motifs is 1. The topological polar surface area (TPSA) is 82.0 Å².